The number of aromatic amines is 2. The molecular weight excluding hydrogens is 1470 g/mol. The van der Waals surface area contributed by atoms with Crippen LogP contribution in [0.15, 0.2) is 60.8 Å². The third kappa shape index (κ3) is 32.0. The van der Waals surface area contributed by atoms with Crippen LogP contribution in [-0.4, -0.2) is 103 Å². The molecule has 0 spiro atoms. The van der Waals surface area contributed by atoms with Crippen molar-refractivity contribution >= 4 is 97.9 Å². The largest absolute Gasteiger partial charge is 0.482 e. The average molecular weight is 1610 g/mol. The van der Waals surface area contributed by atoms with E-state index < -0.39 is 39.9 Å². The van der Waals surface area contributed by atoms with E-state index in [4.69, 9.17) is 33.6 Å². The summed E-state index contributed by atoms with van der Waals surface area (Å²) in [4.78, 5) is 101. The first-order valence-electron chi connectivity index (χ1n) is 39.0. The number of esters is 4. The predicted octanol–water partition coefficient (Wildman–Crippen LogP) is 23.4. The highest BCUT2D eigenvalue weighted by Crippen LogP contribution is 2.61. The van der Waals surface area contributed by atoms with E-state index in [1.807, 2.05) is 99.0 Å². The zero-order chi connectivity index (χ0) is 84.5. The molecule has 4 atom stereocenters. The van der Waals surface area contributed by atoms with Gasteiger partial charge in [-0.2, -0.15) is 0 Å². The summed E-state index contributed by atoms with van der Waals surface area (Å²) in [6, 6.07) is 9.91. The summed E-state index contributed by atoms with van der Waals surface area (Å²) in [7, 11) is 5.07. The Morgan fingerprint density at radius 1 is 0.596 bits per heavy atom. The fourth-order valence-corrected chi connectivity index (χ4v) is 14.5. The number of hydroxylamine groups is 1. The summed E-state index contributed by atoms with van der Waals surface area (Å²) in [5.41, 5.74) is 2.45. The number of aliphatic carboxylic acids is 1. The maximum absolute atomic E-state index is 14.4. The van der Waals surface area contributed by atoms with Gasteiger partial charge in [-0.3, -0.25) is 28.8 Å². The number of benzene rings is 1. The first-order valence-corrected chi connectivity index (χ1v) is 43.4. The number of hydrogen-bond donors (Lipinski definition) is 5. The minimum Gasteiger partial charge on any atom is -0.482 e. The molecule has 2 saturated carbocycles. The Hall–Kier alpha value is -5.79. The summed E-state index contributed by atoms with van der Waals surface area (Å²) in [6.07, 6.45) is 9.85. The van der Waals surface area contributed by atoms with Crippen molar-refractivity contribution < 1.29 is 71.8 Å². The number of methoxy groups -OCH3 is 1. The van der Waals surface area contributed by atoms with Gasteiger partial charge in [0.2, 0.25) is 11.8 Å². The highest BCUT2D eigenvalue weighted by atomic mass is 36.0. The van der Waals surface area contributed by atoms with Gasteiger partial charge in [0.1, 0.15) is 35.0 Å². The predicted molar refractivity (Wildman–Crippen MR) is 446 cm³/mol. The van der Waals surface area contributed by atoms with Crippen LogP contribution in [0.5, 0.6) is 5.88 Å². The molecule has 5 rings (SSSR count). The normalized spacial score (nSPS) is 19.0. The Balaban J connectivity index is 0.000000858. The highest BCUT2D eigenvalue weighted by molar-refractivity contribution is 8.24. The van der Waals surface area contributed by atoms with E-state index in [9.17, 15) is 38.1 Å². The Labute approximate surface area is 670 Å². The third-order valence-electron chi connectivity index (χ3n) is 21.7. The molecular formula is C85H141Cl3N5O15P. The molecule has 5 N–H and O–H groups in total. The highest BCUT2D eigenvalue weighted by Gasteiger charge is 2.51. The smallest absolute Gasteiger partial charge is 0.342 e. The summed E-state index contributed by atoms with van der Waals surface area (Å²) < 4.78 is 39.0. The van der Waals surface area contributed by atoms with E-state index in [1.54, 1.807) is 47.0 Å². The monoisotopic (exact) mass is 1610 g/mol. The van der Waals surface area contributed by atoms with Crippen LogP contribution in [0.3, 0.4) is 0 Å². The van der Waals surface area contributed by atoms with Crippen molar-refractivity contribution in [3.05, 3.63) is 83.1 Å². The second-order valence-electron chi connectivity index (χ2n) is 35.2. The maximum Gasteiger partial charge on any atom is 0.342 e. The molecule has 4 unspecified atom stereocenters. The molecule has 0 radical (unpaired) electrons. The number of anilines is 3. The summed E-state index contributed by atoms with van der Waals surface area (Å²) >= 11 is 13.8. The molecule has 2 heterocycles. The topological polar surface area (TPSA) is 271 Å². The molecule has 24 heteroatoms. The van der Waals surface area contributed by atoms with Gasteiger partial charge in [0.05, 0.1) is 39.0 Å². The number of hydrogen-bond acceptors (Lipinski definition) is 15. The van der Waals surface area contributed by atoms with E-state index in [1.165, 1.54) is 0 Å². The number of carbonyl (C=O) groups is 7. The van der Waals surface area contributed by atoms with Crippen molar-refractivity contribution in [2.75, 3.05) is 50.2 Å². The molecule has 2 amide bonds. The van der Waals surface area contributed by atoms with Crippen molar-refractivity contribution in [1.82, 2.24) is 9.97 Å². The van der Waals surface area contributed by atoms with E-state index >= 15 is 0 Å². The standard InChI is InChI=1S/C37H62N2O6.C36H60N2O5.C8H11NO.C4H8O2.Cl3OP/c1-15-37(16-2,18-17-19-44-32(40)23(5)6)34(42)39-30-28(27(22(3)4)31(38-30)43-14)33(41)45-29-25(35(8,9)10)20-24(7)21-26(29)36(11,12)13;1-14-36(15-2,17-16-18-42-31(39)23(5)6)33(41)38-30-28(25(21-37-30)22(3)4)32(40)43-29-26(34(8,9)10)19-24(7)20-27(29)35(11,12)13;1-9(10-2)8-6-4-3-5-7-8;1-3(2)4(5)6;1-5(2,3)4/h22,24-26,29,38H,5,15-21H2,1-4,6-14H3,(H,39,42);21-22,24,26-27,29,37H,5,14-20H2,1-4,6-13H3,(H,38,41);3-7H,1-2H3;3H,1-2H3,(H,5,6);. The number of carboxylic acids is 1. The zero-order valence-corrected chi connectivity index (χ0v) is 75.0. The third-order valence-corrected chi connectivity index (χ3v) is 21.7. The maximum atomic E-state index is 14.4. The van der Waals surface area contributed by atoms with Crippen molar-refractivity contribution in [3.8, 4) is 5.88 Å². The Morgan fingerprint density at radius 2 is 0.936 bits per heavy atom. The lowest BCUT2D eigenvalue weighted by Gasteiger charge is -2.50. The number of ether oxygens (including phenoxy) is 5. The second kappa shape index (κ2) is 44.6. The Kier molecular flexibility index (Phi) is 41.4. The first kappa shape index (κ1) is 101. The zero-order valence-electron chi connectivity index (χ0n) is 71.8. The number of halogens is 3. The molecule has 2 fully saturated rings. The quantitative estimate of drug-likeness (QED) is 0.0113. The summed E-state index contributed by atoms with van der Waals surface area (Å²) in [5, 5.41) is 12.6. The molecule has 0 saturated heterocycles. The van der Waals surface area contributed by atoms with Gasteiger partial charge in [-0.25, -0.2) is 19.2 Å². The van der Waals surface area contributed by atoms with E-state index in [0.29, 0.717) is 109 Å². The number of aromatic nitrogens is 2. The lowest BCUT2D eigenvalue weighted by molar-refractivity contribution is -0.141. The fourth-order valence-electron chi connectivity index (χ4n) is 14.5. The van der Waals surface area contributed by atoms with Crippen molar-refractivity contribution in [3.63, 3.8) is 0 Å². The molecule has 0 bridgehead atoms. The molecule has 622 valence electrons. The molecule has 2 aliphatic carbocycles. The van der Waals surface area contributed by atoms with Crippen LogP contribution >= 0.6 is 38.9 Å². The van der Waals surface area contributed by atoms with E-state index in [-0.39, 0.29) is 106 Å². The number of nitrogens with zero attached hydrogens (tertiary/aromatic N) is 1. The number of amides is 2. The lowest BCUT2D eigenvalue weighted by Crippen LogP contribution is -2.49. The molecule has 0 aliphatic heterocycles. The van der Waals surface area contributed by atoms with Crippen LogP contribution < -0.4 is 20.4 Å². The van der Waals surface area contributed by atoms with E-state index in [0.717, 1.165) is 36.9 Å². The lowest BCUT2D eigenvalue weighted by atomic mass is 9.59. The van der Waals surface area contributed by atoms with Crippen LogP contribution in [0.25, 0.3) is 0 Å². The van der Waals surface area contributed by atoms with Crippen molar-refractivity contribution in [2.24, 2.45) is 73.9 Å². The molecule has 109 heavy (non-hydrogen) atoms. The molecule has 1 aromatic carbocycles. The second-order valence-corrected chi connectivity index (χ2v) is 41.9. The SMILES string of the molecule is C=C(C)C(=O)OCCCC(CC)(CC)C(=O)Nc1[nH]c(OC)c(C(C)C)c1C(=O)OC1C(C(C)(C)C)CC(C)CC1C(C)(C)C.C=C(C)C(=O)OCCCC(CC)(CC)C(=O)Nc1[nH]cc(C(C)C)c1C(=O)OC1C(C(C)(C)C)CC(C)CC1C(C)(C)C.CC(C)C(=O)O.CON(C)c1ccccc1.O=P(Cl)(Cl)Cl. The van der Waals surface area contributed by atoms with Crippen LogP contribution in [0.2, 0.25) is 0 Å². The van der Waals surface area contributed by atoms with Gasteiger partial charge in [0, 0.05) is 64.5 Å². The van der Waals surface area contributed by atoms with Gasteiger partial charge >= 0.3 is 35.0 Å². The number of H-pyrrole nitrogens is 2. The molecule has 2 aliphatic rings. The minimum atomic E-state index is -3.22. The van der Waals surface area contributed by atoms with Gasteiger partial charge in [0.15, 0.2) is 5.88 Å². The Morgan fingerprint density at radius 3 is 1.22 bits per heavy atom. The number of nitrogens with one attached hydrogen (secondary N) is 4. The van der Waals surface area contributed by atoms with Crippen LogP contribution in [0, 0.1) is 73.9 Å². The number of rotatable bonds is 28. The van der Waals surface area contributed by atoms with Crippen LogP contribution in [-0.2, 0) is 52.3 Å². The van der Waals surface area contributed by atoms with Gasteiger partial charge in [-0.1, -0.05) is 198 Å². The Bertz CT molecular complexity index is 3390. The van der Waals surface area contributed by atoms with E-state index in [2.05, 4.69) is 164 Å². The summed E-state index contributed by atoms with van der Waals surface area (Å²) in [5.74, 6) is -0.00170. The molecule has 2 aromatic heterocycles. The van der Waals surface area contributed by atoms with Crippen molar-refractivity contribution in [2.45, 2.75) is 281 Å². The van der Waals surface area contributed by atoms with Crippen LogP contribution in [0.1, 0.15) is 301 Å². The fraction of sp³-hybridized carbons (Fsp3) is 0.706. The van der Waals surface area contributed by atoms with Crippen LogP contribution in [0.4, 0.5) is 17.3 Å². The van der Waals surface area contributed by atoms with Gasteiger partial charge in [-0.05, 0) is 188 Å². The number of carbonyl (C=O) groups excluding carboxylic acids is 6. The first-order chi connectivity index (χ1) is 50.0. The van der Waals surface area contributed by atoms with Crippen molar-refractivity contribution in [1.29, 1.82) is 0 Å². The van der Waals surface area contributed by atoms with Gasteiger partial charge in [0.25, 0.3) is 0 Å². The molecule has 20 nitrogen and oxygen atoms in total. The van der Waals surface area contributed by atoms with Gasteiger partial charge < -0.3 is 49.4 Å². The number of carboxylic acid groups (broad SMARTS) is 1. The average Bonchev–Trinajstić information content (AvgIpc) is 1.76. The number of para-hydroxylation sites is 1. The summed E-state index contributed by atoms with van der Waals surface area (Å²) in [6.45, 7) is 61.7. The van der Waals surface area contributed by atoms with Gasteiger partial charge in [-0.15, -0.1) is 0 Å². The minimum absolute atomic E-state index is 0.0280. The molecule has 3 aromatic rings.